The van der Waals surface area contributed by atoms with Gasteiger partial charge in [-0.1, -0.05) is 49.9 Å². The van der Waals surface area contributed by atoms with Gasteiger partial charge in [0.05, 0.1) is 5.02 Å². The Bertz CT molecular complexity index is 388. The van der Waals surface area contributed by atoms with Gasteiger partial charge in [0.15, 0.2) is 0 Å². The van der Waals surface area contributed by atoms with Crippen molar-refractivity contribution in [3.8, 4) is 0 Å². The first kappa shape index (κ1) is 13.8. The van der Waals surface area contributed by atoms with Gasteiger partial charge >= 0.3 is 0 Å². The van der Waals surface area contributed by atoms with E-state index in [4.69, 9.17) is 11.6 Å². The molecule has 0 radical (unpaired) electrons. The maximum atomic E-state index is 14.2. The van der Waals surface area contributed by atoms with Crippen molar-refractivity contribution < 1.29 is 4.39 Å². The first-order valence-electron chi connectivity index (χ1n) is 6.91. The van der Waals surface area contributed by atoms with Crippen LogP contribution in [0.3, 0.4) is 0 Å². The highest BCUT2D eigenvalue weighted by molar-refractivity contribution is 6.30. The van der Waals surface area contributed by atoms with Gasteiger partial charge in [0.25, 0.3) is 0 Å². The van der Waals surface area contributed by atoms with Crippen molar-refractivity contribution in [2.75, 3.05) is 6.54 Å². The molecular weight excluding hydrogens is 249 g/mol. The molecule has 0 saturated heterocycles. The van der Waals surface area contributed by atoms with Crippen molar-refractivity contribution in [3.05, 3.63) is 34.6 Å². The second-order valence-electron chi connectivity index (χ2n) is 5.08. The third-order valence-electron chi connectivity index (χ3n) is 3.86. The SMILES string of the molecule is CCNC(c1cccc(Cl)c1F)C1CCCCC1. The molecule has 1 aliphatic rings. The fraction of sp³-hybridized carbons (Fsp3) is 0.600. The van der Waals surface area contributed by atoms with Crippen LogP contribution in [0.15, 0.2) is 18.2 Å². The van der Waals surface area contributed by atoms with E-state index in [2.05, 4.69) is 12.2 Å². The summed E-state index contributed by atoms with van der Waals surface area (Å²) < 4.78 is 14.2. The Morgan fingerprint density at radius 2 is 2.06 bits per heavy atom. The lowest BCUT2D eigenvalue weighted by atomic mass is 9.81. The molecule has 0 aromatic heterocycles. The summed E-state index contributed by atoms with van der Waals surface area (Å²) in [5.74, 6) is 0.280. The summed E-state index contributed by atoms with van der Waals surface area (Å²) in [7, 11) is 0. The van der Waals surface area contributed by atoms with Gasteiger partial charge in [-0.3, -0.25) is 0 Å². The van der Waals surface area contributed by atoms with Crippen LogP contribution in [0.4, 0.5) is 4.39 Å². The molecule has 1 nitrogen and oxygen atoms in total. The highest BCUT2D eigenvalue weighted by atomic mass is 35.5. The summed E-state index contributed by atoms with van der Waals surface area (Å²) >= 11 is 5.89. The summed E-state index contributed by atoms with van der Waals surface area (Å²) in [5.41, 5.74) is 0.733. The van der Waals surface area contributed by atoms with E-state index >= 15 is 0 Å². The molecule has 1 aromatic carbocycles. The second-order valence-corrected chi connectivity index (χ2v) is 5.48. The van der Waals surface area contributed by atoms with Crippen LogP contribution < -0.4 is 5.32 Å². The molecular formula is C15H21ClFN. The summed E-state index contributed by atoms with van der Waals surface area (Å²) in [4.78, 5) is 0. The van der Waals surface area contributed by atoms with Crippen molar-refractivity contribution in [2.24, 2.45) is 5.92 Å². The average Bonchev–Trinajstić information content (AvgIpc) is 2.41. The first-order valence-corrected chi connectivity index (χ1v) is 7.29. The number of hydrogen-bond acceptors (Lipinski definition) is 1. The largest absolute Gasteiger partial charge is 0.310 e. The fourth-order valence-corrected chi connectivity index (χ4v) is 3.16. The van der Waals surface area contributed by atoms with Gasteiger partial charge in [0.1, 0.15) is 5.82 Å². The van der Waals surface area contributed by atoms with E-state index in [1.165, 1.54) is 32.1 Å². The lowest BCUT2D eigenvalue weighted by molar-refractivity contribution is 0.270. The standard InChI is InChI=1S/C15H21ClFN/c1-2-18-15(11-7-4-3-5-8-11)12-9-6-10-13(16)14(12)17/h6,9-11,15,18H,2-5,7-8H2,1H3. The van der Waals surface area contributed by atoms with Crippen molar-refractivity contribution in [3.63, 3.8) is 0 Å². The van der Waals surface area contributed by atoms with Crippen molar-refractivity contribution in [1.82, 2.24) is 5.32 Å². The van der Waals surface area contributed by atoms with Crippen LogP contribution >= 0.6 is 11.6 Å². The molecule has 0 amide bonds. The number of nitrogens with one attached hydrogen (secondary N) is 1. The Balaban J connectivity index is 2.25. The Morgan fingerprint density at radius 1 is 1.33 bits per heavy atom. The topological polar surface area (TPSA) is 12.0 Å². The molecule has 2 rings (SSSR count). The second kappa shape index (κ2) is 6.53. The molecule has 1 aliphatic carbocycles. The van der Waals surface area contributed by atoms with Crippen LogP contribution in [0.2, 0.25) is 5.02 Å². The zero-order valence-electron chi connectivity index (χ0n) is 10.9. The molecule has 100 valence electrons. The molecule has 1 saturated carbocycles. The van der Waals surface area contributed by atoms with Crippen LogP contribution in [-0.4, -0.2) is 6.54 Å². The Morgan fingerprint density at radius 3 is 2.72 bits per heavy atom. The molecule has 3 heteroatoms. The highest BCUT2D eigenvalue weighted by Gasteiger charge is 2.26. The maximum Gasteiger partial charge on any atom is 0.146 e. The smallest absolute Gasteiger partial charge is 0.146 e. The molecule has 18 heavy (non-hydrogen) atoms. The maximum absolute atomic E-state index is 14.2. The summed E-state index contributed by atoms with van der Waals surface area (Å²) in [6.45, 7) is 2.92. The van der Waals surface area contributed by atoms with Gasteiger partial charge in [-0.2, -0.15) is 0 Å². The third kappa shape index (κ3) is 3.04. The summed E-state index contributed by atoms with van der Waals surface area (Å²) in [6, 6.07) is 5.43. The van der Waals surface area contributed by atoms with Gasteiger partial charge in [-0.05, 0) is 31.4 Å². The van der Waals surface area contributed by atoms with E-state index in [0.29, 0.717) is 5.92 Å². The van der Waals surface area contributed by atoms with E-state index in [-0.39, 0.29) is 16.9 Å². The lowest BCUT2D eigenvalue weighted by Crippen LogP contribution is -2.30. The number of rotatable bonds is 4. The fourth-order valence-electron chi connectivity index (χ4n) is 2.98. The molecule has 1 atom stereocenters. The van der Waals surface area contributed by atoms with Crippen molar-refractivity contribution in [2.45, 2.75) is 45.1 Å². The van der Waals surface area contributed by atoms with Gasteiger partial charge in [-0.15, -0.1) is 0 Å². The summed E-state index contributed by atoms with van der Waals surface area (Å²) in [5, 5.41) is 3.67. The molecule has 1 fully saturated rings. The van der Waals surface area contributed by atoms with Gasteiger partial charge < -0.3 is 5.32 Å². The zero-order chi connectivity index (χ0) is 13.0. The van der Waals surface area contributed by atoms with Crippen LogP contribution in [0, 0.1) is 11.7 Å². The van der Waals surface area contributed by atoms with Crippen LogP contribution in [0.1, 0.15) is 50.6 Å². The highest BCUT2D eigenvalue weighted by Crippen LogP contribution is 2.36. The van der Waals surface area contributed by atoms with Gasteiger partial charge in [0.2, 0.25) is 0 Å². The molecule has 0 heterocycles. The first-order chi connectivity index (χ1) is 8.74. The van der Waals surface area contributed by atoms with Crippen LogP contribution in [-0.2, 0) is 0 Å². The van der Waals surface area contributed by atoms with Crippen molar-refractivity contribution in [1.29, 1.82) is 0 Å². The van der Waals surface area contributed by atoms with Gasteiger partial charge in [0, 0.05) is 11.6 Å². The van der Waals surface area contributed by atoms with E-state index in [9.17, 15) is 4.39 Å². The lowest BCUT2D eigenvalue weighted by Gasteiger charge is -2.31. The number of halogens is 2. The Labute approximate surface area is 114 Å². The summed E-state index contributed by atoms with van der Waals surface area (Å²) in [6.07, 6.45) is 6.20. The minimum atomic E-state index is -0.254. The van der Waals surface area contributed by atoms with E-state index in [1.807, 2.05) is 12.1 Å². The predicted molar refractivity (Wildman–Crippen MR) is 74.4 cm³/mol. The Kier molecular flexibility index (Phi) is 5.02. The Hall–Kier alpha value is -0.600. The molecule has 1 aromatic rings. The minimum absolute atomic E-state index is 0.106. The monoisotopic (exact) mass is 269 g/mol. The van der Waals surface area contributed by atoms with Crippen LogP contribution in [0.5, 0.6) is 0 Å². The third-order valence-corrected chi connectivity index (χ3v) is 4.15. The molecule has 1 unspecified atom stereocenters. The van der Waals surface area contributed by atoms with Gasteiger partial charge in [-0.25, -0.2) is 4.39 Å². The zero-order valence-corrected chi connectivity index (χ0v) is 11.6. The number of benzene rings is 1. The normalized spacial score (nSPS) is 18.8. The van der Waals surface area contributed by atoms with E-state index < -0.39 is 0 Å². The number of hydrogen-bond donors (Lipinski definition) is 1. The molecule has 0 aliphatic heterocycles. The minimum Gasteiger partial charge on any atom is -0.310 e. The predicted octanol–water partition coefficient (Wildman–Crippen LogP) is 4.71. The molecule has 0 spiro atoms. The van der Waals surface area contributed by atoms with Crippen LogP contribution in [0.25, 0.3) is 0 Å². The quantitative estimate of drug-likeness (QED) is 0.835. The molecule has 1 N–H and O–H groups in total. The van der Waals surface area contributed by atoms with Crippen molar-refractivity contribution >= 4 is 11.6 Å². The van der Waals surface area contributed by atoms with E-state index in [0.717, 1.165) is 12.1 Å². The molecule has 0 bridgehead atoms. The van der Waals surface area contributed by atoms with E-state index in [1.54, 1.807) is 6.07 Å². The average molecular weight is 270 g/mol.